The van der Waals surface area contributed by atoms with E-state index < -0.39 is 12.1 Å². The van der Waals surface area contributed by atoms with Crippen LogP contribution in [-0.4, -0.2) is 12.2 Å². The molecule has 21 heavy (non-hydrogen) atoms. The minimum Gasteiger partial charge on any atom is -0.307 e. The molecule has 1 aromatic carbocycles. The standard InChI is InChI=1S/C16H21BrF3N/c1-2-15(11-3-7-13(17)8-4-11)21-14-9-5-12(6-10-14)16(18,19)20/h3-4,7-8,12,14-15,21H,2,5-6,9-10H2,1H3. The summed E-state index contributed by atoms with van der Waals surface area (Å²) in [6.07, 6.45) is -1.38. The molecule has 0 saturated heterocycles. The second-order valence-electron chi connectivity index (χ2n) is 5.77. The van der Waals surface area contributed by atoms with Gasteiger partial charge in [-0.2, -0.15) is 13.2 Å². The molecule has 0 aliphatic heterocycles. The zero-order chi connectivity index (χ0) is 15.5. The fourth-order valence-corrected chi connectivity index (χ4v) is 3.28. The van der Waals surface area contributed by atoms with Crippen LogP contribution in [0.4, 0.5) is 13.2 Å². The summed E-state index contributed by atoms with van der Waals surface area (Å²) in [5, 5.41) is 3.53. The second-order valence-corrected chi connectivity index (χ2v) is 6.68. The Balaban J connectivity index is 1.90. The maximum absolute atomic E-state index is 12.7. The minimum absolute atomic E-state index is 0.192. The zero-order valence-corrected chi connectivity index (χ0v) is 13.7. The molecule has 0 amide bonds. The van der Waals surface area contributed by atoms with Gasteiger partial charge in [-0.1, -0.05) is 35.0 Å². The fourth-order valence-electron chi connectivity index (χ4n) is 3.02. The van der Waals surface area contributed by atoms with Crippen molar-refractivity contribution in [2.45, 2.75) is 57.3 Å². The molecule has 1 nitrogen and oxygen atoms in total. The van der Waals surface area contributed by atoms with Crippen molar-refractivity contribution in [1.29, 1.82) is 0 Å². The Morgan fingerprint density at radius 1 is 1.14 bits per heavy atom. The number of hydrogen-bond acceptors (Lipinski definition) is 1. The van der Waals surface area contributed by atoms with Crippen molar-refractivity contribution in [3.05, 3.63) is 34.3 Å². The molecule has 1 aromatic rings. The molecule has 1 N–H and O–H groups in total. The minimum atomic E-state index is -4.03. The third kappa shape index (κ3) is 4.71. The van der Waals surface area contributed by atoms with Crippen LogP contribution >= 0.6 is 15.9 Å². The van der Waals surface area contributed by atoms with E-state index >= 15 is 0 Å². The second kappa shape index (κ2) is 7.14. The molecule has 1 aliphatic rings. The smallest absolute Gasteiger partial charge is 0.307 e. The predicted molar refractivity (Wildman–Crippen MR) is 82.1 cm³/mol. The molecular formula is C16H21BrF3N. The summed E-state index contributed by atoms with van der Waals surface area (Å²) in [6.45, 7) is 2.10. The molecule has 0 bridgehead atoms. The first kappa shape index (κ1) is 16.8. The van der Waals surface area contributed by atoms with Gasteiger partial charge in [0.1, 0.15) is 0 Å². The highest BCUT2D eigenvalue weighted by molar-refractivity contribution is 9.10. The Bertz CT molecular complexity index is 436. The summed E-state index contributed by atoms with van der Waals surface area (Å²) in [5.41, 5.74) is 1.19. The molecule has 0 radical (unpaired) electrons. The van der Waals surface area contributed by atoms with E-state index in [-0.39, 0.29) is 24.9 Å². The largest absolute Gasteiger partial charge is 0.391 e. The molecule has 1 saturated carbocycles. The van der Waals surface area contributed by atoms with E-state index in [1.165, 1.54) is 5.56 Å². The van der Waals surface area contributed by atoms with E-state index in [1.54, 1.807) is 0 Å². The summed E-state index contributed by atoms with van der Waals surface area (Å²) < 4.78 is 39.1. The third-order valence-corrected chi connectivity index (χ3v) is 4.84. The quantitative estimate of drug-likeness (QED) is 0.732. The Hall–Kier alpha value is -0.550. The first-order valence-electron chi connectivity index (χ1n) is 7.48. The van der Waals surface area contributed by atoms with E-state index in [2.05, 4.69) is 40.3 Å². The first-order chi connectivity index (χ1) is 9.90. The predicted octanol–water partition coefficient (Wildman–Crippen LogP) is 5.61. The van der Waals surface area contributed by atoms with Gasteiger partial charge in [0.25, 0.3) is 0 Å². The van der Waals surface area contributed by atoms with Crippen molar-refractivity contribution in [2.75, 3.05) is 0 Å². The topological polar surface area (TPSA) is 12.0 Å². The highest BCUT2D eigenvalue weighted by Gasteiger charge is 2.41. The summed E-state index contributed by atoms with van der Waals surface area (Å²) >= 11 is 3.41. The Morgan fingerprint density at radius 2 is 1.71 bits per heavy atom. The van der Waals surface area contributed by atoms with Crippen molar-refractivity contribution >= 4 is 15.9 Å². The molecule has 1 fully saturated rings. The third-order valence-electron chi connectivity index (χ3n) is 4.31. The van der Waals surface area contributed by atoms with Crippen LogP contribution < -0.4 is 5.32 Å². The van der Waals surface area contributed by atoms with Crippen LogP contribution in [0.5, 0.6) is 0 Å². The van der Waals surface area contributed by atoms with Gasteiger partial charge in [-0.3, -0.25) is 0 Å². The van der Waals surface area contributed by atoms with Crippen LogP contribution in [0, 0.1) is 5.92 Å². The van der Waals surface area contributed by atoms with Crippen molar-refractivity contribution in [1.82, 2.24) is 5.32 Å². The number of alkyl halides is 3. The van der Waals surface area contributed by atoms with Crippen molar-refractivity contribution in [3.63, 3.8) is 0 Å². The van der Waals surface area contributed by atoms with E-state index in [4.69, 9.17) is 0 Å². The number of benzene rings is 1. The first-order valence-corrected chi connectivity index (χ1v) is 8.27. The number of rotatable bonds is 4. The fraction of sp³-hybridized carbons (Fsp3) is 0.625. The lowest BCUT2D eigenvalue weighted by atomic mass is 9.85. The molecular weight excluding hydrogens is 343 g/mol. The lowest BCUT2D eigenvalue weighted by Crippen LogP contribution is -2.38. The van der Waals surface area contributed by atoms with Crippen LogP contribution in [0.1, 0.15) is 50.6 Å². The normalized spacial score (nSPS) is 24.8. The average molecular weight is 364 g/mol. The maximum Gasteiger partial charge on any atom is 0.391 e. The molecule has 2 rings (SSSR count). The SMILES string of the molecule is CCC(NC1CCC(C(F)(F)F)CC1)c1ccc(Br)cc1. The van der Waals surface area contributed by atoms with Gasteiger partial charge in [0.05, 0.1) is 5.92 Å². The average Bonchev–Trinajstić information content (AvgIpc) is 2.45. The van der Waals surface area contributed by atoms with Gasteiger partial charge in [-0.15, -0.1) is 0 Å². The van der Waals surface area contributed by atoms with E-state index in [0.29, 0.717) is 12.8 Å². The maximum atomic E-state index is 12.7. The van der Waals surface area contributed by atoms with Gasteiger partial charge >= 0.3 is 6.18 Å². The summed E-state index contributed by atoms with van der Waals surface area (Å²) in [7, 11) is 0. The van der Waals surface area contributed by atoms with Crippen LogP contribution in [0.15, 0.2) is 28.7 Å². The highest BCUT2D eigenvalue weighted by atomic mass is 79.9. The van der Waals surface area contributed by atoms with Gasteiger partial charge in [0.2, 0.25) is 0 Å². The summed E-state index contributed by atoms with van der Waals surface area (Å²) in [5.74, 6) is -1.11. The van der Waals surface area contributed by atoms with Gasteiger partial charge in [0.15, 0.2) is 0 Å². The van der Waals surface area contributed by atoms with Crippen molar-refractivity contribution in [3.8, 4) is 0 Å². The molecule has 0 spiro atoms. The monoisotopic (exact) mass is 363 g/mol. The summed E-state index contributed by atoms with van der Waals surface area (Å²) in [6, 6.07) is 8.53. The number of nitrogens with one attached hydrogen (secondary N) is 1. The lowest BCUT2D eigenvalue weighted by molar-refractivity contribution is -0.182. The van der Waals surface area contributed by atoms with Crippen LogP contribution in [0.25, 0.3) is 0 Å². The van der Waals surface area contributed by atoms with Gasteiger partial charge in [-0.25, -0.2) is 0 Å². The molecule has 0 heterocycles. The van der Waals surface area contributed by atoms with Crippen LogP contribution in [0.2, 0.25) is 0 Å². The lowest BCUT2D eigenvalue weighted by Gasteiger charge is -2.33. The van der Waals surface area contributed by atoms with Crippen molar-refractivity contribution in [2.24, 2.45) is 5.92 Å². The molecule has 1 unspecified atom stereocenters. The molecule has 118 valence electrons. The van der Waals surface area contributed by atoms with E-state index in [1.807, 2.05) is 12.1 Å². The van der Waals surface area contributed by atoms with Gasteiger partial charge < -0.3 is 5.32 Å². The molecule has 1 atom stereocenters. The van der Waals surface area contributed by atoms with Gasteiger partial charge in [0, 0.05) is 16.6 Å². The zero-order valence-electron chi connectivity index (χ0n) is 12.1. The van der Waals surface area contributed by atoms with E-state index in [0.717, 1.165) is 10.9 Å². The summed E-state index contributed by atoms with van der Waals surface area (Å²) in [4.78, 5) is 0. The van der Waals surface area contributed by atoms with Crippen LogP contribution in [-0.2, 0) is 0 Å². The molecule has 5 heteroatoms. The van der Waals surface area contributed by atoms with Gasteiger partial charge in [-0.05, 0) is 49.8 Å². The van der Waals surface area contributed by atoms with E-state index in [9.17, 15) is 13.2 Å². The molecule has 0 aromatic heterocycles. The van der Waals surface area contributed by atoms with Crippen molar-refractivity contribution < 1.29 is 13.2 Å². The Kier molecular flexibility index (Phi) is 5.72. The number of halogens is 4. The molecule has 1 aliphatic carbocycles. The van der Waals surface area contributed by atoms with Crippen LogP contribution in [0.3, 0.4) is 0 Å². The Labute approximate surface area is 132 Å². The number of hydrogen-bond donors (Lipinski definition) is 1. The highest BCUT2D eigenvalue weighted by Crippen LogP contribution is 2.38. The Morgan fingerprint density at radius 3 is 2.19 bits per heavy atom.